The van der Waals surface area contributed by atoms with Crippen LogP contribution in [-0.4, -0.2) is 19.0 Å². The predicted octanol–water partition coefficient (Wildman–Crippen LogP) is 2.80. The molecule has 0 amide bonds. The molecule has 0 saturated carbocycles. The van der Waals surface area contributed by atoms with Crippen LogP contribution in [0.1, 0.15) is 22.7 Å². The van der Waals surface area contributed by atoms with E-state index in [9.17, 15) is 0 Å². The molecule has 94 valence electrons. The molecule has 2 rings (SSSR count). The summed E-state index contributed by atoms with van der Waals surface area (Å²) in [4.78, 5) is 2.16. The van der Waals surface area contributed by atoms with Crippen molar-refractivity contribution in [2.45, 2.75) is 12.6 Å². The molecule has 2 N–H and O–H groups in total. The third-order valence-electron chi connectivity index (χ3n) is 2.97. The van der Waals surface area contributed by atoms with Gasteiger partial charge in [-0.15, -0.1) is 0 Å². The fourth-order valence-electron chi connectivity index (χ4n) is 2.10. The number of benzene rings is 2. The number of hydrogen-bond acceptors (Lipinski definition) is 2. The minimum Gasteiger partial charge on any atom is -0.320 e. The van der Waals surface area contributed by atoms with Crippen LogP contribution in [0.25, 0.3) is 0 Å². The number of hydrogen-bond donors (Lipinski definition) is 1. The Balaban J connectivity index is 2.23. The molecule has 0 fully saturated rings. The van der Waals surface area contributed by atoms with Crippen LogP contribution in [0, 0.1) is 0 Å². The molecule has 0 saturated heterocycles. The summed E-state index contributed by atoms with van der Waals surface area (Å²) in [6, 6.07) is 18.7. The summed E-state index contributed by atoms with van der Waals surface area (Å²) in [5.74, 6) is 0. The minimum atomic E-state index is -0.0479. The van der Waals surface area contributed by atoms with E-state index in [1.54, 1.807) is 0 Å². The fraction of sp³-hybridized carbons (Fsp3) is 0.250. The monoisotopic (exact) mass is 240 g/mol. The SMILES string of the molecule is CN(C)Cc1cccc(C(N)c2ccccc2)c1. The van der Waals surface area contributed by atoms with Gasteiger partial charge in [0.2, 0.25) is 0 Å². The molecule has 0 aromatic heterocycles. The lowest BCUT2D eigenvalue weighted by atomic mass is 9.98. The average Bonchev–Trinajstić information content (AvgIpc) is 2.38. The van der Waals surface area contributed by atoms with Gasteiger partial charge in [0.25, 0.3) is 0 Å². The highest BCUT2D eigenvalue weighted by atomic mass is 15.0. The first-order valence-electron chi connectivity index (χ1n) is 6.21. The van der Waals surface area contributed by atoms with Crippen molar-refractivity contribution < 1.29 is 0 Å². The summed E-state index contributed by atoms with van der Waals surface area (Å²) >= 11 is 0. The van der Waals surface area contributed by atoms with Crippen LogP contribution >= 0.6 is 0 Å². The van der Waals surface area contributed by atoms with Crippen molar-refractivity contribution >= 4 is 0 Å². The average molecular weight is 240 g/mol. The standard InChI is InChI=1S/C16H20N2/c1-18(2)12-13-7-6-10-15(11-13)16(17)14-8-4-3-5-9-14/h3-11,16H,12,17H2,1-2H3. The van der Waals surface area contributed by atoms with Gasteiger partial charge in [-0.1, -0.05) is 54.6 Å². The largest absolute Gasteiger partial charge is 0.320 e. The molecule has 0 aliphatic carbocycles. The van der Waals surface area contributed by atoms with Gasteiger partial charge in [-0.3, -0.25) is 0 Å². The molecular weight excluding hydrogens is 220 g/mol. The lowest BCUT2D eigenvalue weighted by molar-refractivity contribution is 0.402. The summed E-state index contributed by atoms with van der Waals surface area (Å²) in [5, 5.41) is 0. The first kappa shape index (κ1) is 12.8. The maximum absolute atomic E-state index is 6.30. The van der Waals surface area contributed by atoms with E-state index >= 15 is 0 Å². The van der Waals surface area contributed by atoms with Gasteiger partial charge in [0.1, 0.15) is 0 Å². The molecule has 0 heterocycles. The van der Waals surface area contributed by atoms with Crippen LogP contribution in [0.15, 0.2) is 54.6 Å². The zero-order valence-corrected chi connectivity index (χ0v) is 11.0. The molecule has 2 nitrogen and oxygen atoms in total. The van der Waals surface area contributed by atoms with Gasteiger partial charge >= 0.3 is 0 Å². The Morgan fingerprint density at radius 3 is 2.28 bits per heavy atom. The van der Waals surface area contributed by atoms with Crippen molar-refractivity contribution in [3.63, 3.8) is 0 Å². The summed E-state index contributed by atoms with van der Waals surface area (Å²) in [6.07, 6.45) is 0. The molecule has 18 heavy (non-hydrogen) atoms. The molecule has 2 aromatic carbocycles. The van der Waals surface area contributed by atoms with E-state index in [1.807, 2.05) is 18.2 Å². The highest BCUT2D eigenvalue weighted by Gasteiger charge is 2.08. The molecular formula is C16H20N2. The van der Waals surface area contributed by atoms with Gasteiger partial charge in [0, 0.05) is 6.54 Å². The van der Waals surface area contributed by atoms with Gasteiger partial charge in [-0.05, 0) is 30.8 Å². The van der Waals surface area contributed by atoms with E-state index in [-0.39, 0.29) is 6.04 Å². The fourth-order valence-corrected chi connectivity index (χ4v) is 2.10. The van der Waals surface area contributed by atoms with E-state index in [0.717, 1.165) is 12.1 Å². The zero-order chi connectivity index (χ0) is 13.0. The summed E-state index contributed by atoms with van der Waals surface area (Å²) in [7, 11) is 4.15. The highest BCUT2D eigenvalue weighted by molar-refractivity contribution is 5.33. The van der Waals surface area contributed by atoms with Crippen molar-refractivity contribution in [1.82, 2.24) is 4.90 Å². The second kappa shape index (κ2) is 5.80. The Morgan fingerprint density at radius 2 is 1.61 bits per heavy atom. The van der Waals surface area contributed by atoms with Gasteiger partial charge < -0.3 is 10.6 Å². The van der Waals surface area contributed by atoms with Crippen molar-refractivity contribution in [1.29, 1.82) is 0 Å². The third-order valence-corrected chi connectivity index (χ3v) is 2.97. The molecule has 0 radical (unpaired) electrons. The van der Waals surface area contributed by atoms with Gasteiger partial charge in [0.05, 0.1) is 6.04 Å². The lowest BCUT2D eigenvalue weighted by Gasteiger charge is -2.15. The van der Waals surface area contributed by atoms with Gasteiger partial charge in [-0.25, -0.2) is 0 Å². The van der Waals surface area contributed by atoms with Crippen molar-refractivity contribution in [3.05, 3.63) is 71.3 Å². The maximum atomic E-state index is 6.30. The zero-order valence-electron chi connectivity index (χ0n) is 11.0. The van der Waals surface area contributed by atoms with Crippen LogP contribution in [-0.2, 0) is 6.54 Å². The van der Waals surface area contributed by atoms with Crippen LogP contribution in [0.4, 0.5) is 0 Å². The first-order chi connectivity index (χ1) is 8.66. The van der Waals surface area contributed by atoms with Gasteiger partial charge in [-0.2, -0.15) is 0 Å². The highest BCUT2D eigenvalue weighted by Crippen LogP contribution is 2.20. The van der Waals surface area contributed by atoms with E-state index in [2.05, 4.69) is 55.4 Å². The van der Waals surface area contributed by atoms with E-state index in [1.165, 1.54) is 11.1 Å². The Labute approximate surface area is 109 Å². The second-order valence-electron chi connectivity index (χ2n) is 4.87. The Hall–Kier alpha value is -1.64. The lowest BCUT2D eigenvalue weighted by Crippen LogP contribution is -2.14. The van der Waals surface area contributed by atoms with E-state index in [4.69, 9.17) is 5.73 Å². The summed E-state index contributed by atoms with van der Waals surface area (Å²) in [5.41, 5.74) is 9.92. The van der Waals surface area contributed by atoms with E-state index < -0.39 is 0 Å². The number of nitrogens with two attached hydrogens (primary N) is 1. The Kier molecular flexibility index (Phi) is 4.13. The first-order valence-corrected chi connectivity index (χ1v) is 6.21. The van der Waals surface area contributed by atoms with Gasteiger partial charge in [0.15, 0.2) is 0 Å². The van der Waals surface area contributed by atoms with Crippen LogP contribution in [0.5, 0.6) is 0 Å². The smallest absolute Gasteiger partial charge is 0.0551 e. The Morgan fingerprint density at radius 1 is 0.944 bits per heavy atom. The summed E-state index contributed by atoms with van der Waals surface area (Å²) in [6.45, 7) is 0.940. The predicted molar refractivity (Wildman–Crippen MR) is 76.3 cm³/mol. The van der Waals surface area contributed by atoms with Crippen molar-refractivity contribution in [2.24, 2.45) is 5.73 Å². The van der Waals surface area contributed by atoms with Crippen LogP contribution in [0.2, 0.25) is 0 Å². The van der Waals surface area contributed by atoms with Crippen molar-refractivity contribution in [3.8, 4) is 0 Å². The molecule has 0 aliphatic rings. The van der Waals surface area contributed by atoms with Crippen molar-refractivity contribution in [2.75, 3.05) is 14.1 Å². The Bertz CT molecular complexity index is 491. The molecule has 0 aliphatic heterocycles. The number of rotatable bonds is 4. The normalized spacial score (nSPS) is 12.7. The number of nitrogens with zero attached hydrogens (tertiary/aromatic N) is 1. The molecule has 1 atom stereocenters. The molecule has 1 unspecified atom stereocenters. The molecule has 2 heteroatoms. The van der Waals surface area contributed by atoms with E-state index in [0.29, 0.717) is 0 Å². The third kappa shape index (κ3) is 3.19. The topological polar surface area (TPSA) is 29.3 Å². The molecule has 0 spiro atoms. The second-order valence-corrected chi connectivity index (χ2v) is 4.87. The summed E-state index contributed by atoms with van der Waals surface area (Å²) < 4.78 is 0. The molecule has 0 bridgehead atoms. The molecule has 2 aromatic rings. The maximum Gasteiger partial charge on any atom is 0.0551 e. The minimum absolute atomic E-state index is 0.0479. The van der Waals surface area contributed by atoms with Crippen LogP contribution < -0.4 is 5.73 Å². The van der Waals surface area contributed by atoms with Crippen LogP contribution in [0.3, 0.4) is 0 Å². The quantitative estimate of drug-likeness (QED) is 0.890.